The Balaban J connectivity index is 0. The van der Waals surface area contributed by atoms with Crippen molar-refractivity contribution in [3.63, 3.8) is 0 Å². The molecule has 1 aromatic rings. The summed E-state index contributed by atoms with van der Waals surface area (Å²) in [4.78, 5) is 11.8. The average molecular weight is 585 g/mol. The Hall–Kier alpha value is -0.193. The molecule has 0 saturated heterocycles. The number of rotatable bonds is 2. The molecule has 0 aromatic heterocycles. The summed E-state index contributed by atoms with van der Waals surface area (Å²) in [6, 6.07) is 6.56. The molecule has 2 nitrogen and oxygen atoms in total. The molecule has 0 aliphatic heterocycles. The van der Waals surface area contributed by atoms with Crippen LogP contribution in [-0.4, -0.2) is 11.6 Å². The summed E-state index contributed by atoms with van der Waals surface area (Å²) in [5.41, 5.74) is 1.81. The van der Waals surface area contributed by atoms with Crippen LogP contribution in [0.2, 0.25) is 0 Å². The predicted octanol–water partition coefficient (Wildman–Crippen LogP) is 3.39. The van der Waals surface area contributed by atoms with Gasteiger partial charge in [-0.3, -0.25) is 0 Å². The van der Waals surface area contributed by atoms with E-state index in [9.17, 15) is 4.79 Å². The molecule has 0 aliphatic rings. The van der Waals surface area contributed by atoms with Crippen molar-refractivity contribution in [3.8, 4) is 0 Å². The van der Waals surface area contributed by atoms with Crippen LogP contribution >= 0.6 is 0 Å². The van der Waals surface area contributed by atoms with E-state index in [-0.39, 0.29) is 48.1 Å². The molecule has 0 bridgehead atoms. The van der Waals surface area contributed by atoms with Crippen LogP contribution in [0.15, 0.2) is 18.7 Å². The van der Waals surface area contributed by atoms with E-state index in [1.807, 2.05) is 33.8 Å². The molecule has 0 radical (unpaired) electrons. The van der Waals surface area contributed by atoms with Crippen molar-refractivity contribution in [2.45, 2.75) is 33.3 Å². The van der Waals surface area contributed by atoms with Crippen molar-refractivity contribution < 1.29 is 51.7 Å². The molecule has 1 aromatic carbocycles. The van der Waals surface area contributed by atoms with Gasteiger partial charge in [0.05, 0.1) is 5.60 Å². The Labute approximate surface area is 138 Å². The fourth-order valence-corrected chi connectivity index (χ4v) is 1.30. The summed E-state index contributed by atoms with van der Waals surface area (Å²) in [5, 5.41) is 0. The van der Waals surface area contributed by atoms with Gasteiger partial charge in [-0.15, -0.1) is 42.0 Å². The van der Waals surface area contributed by atoms with E-state index in [2.05, 4.69) is 12.6 Å². The third-order valence-electron chi connectivity index (χ3n) is 2.00. The van der Waals surface area contributed by atoms with E-state index in [1.54, 1.807) is 12.1 Å². The molecule has 0 fully saturated rings. The van der Waals surface area contributed by atoms with Crippen LogP contribution in [0.3, 0.4) is 0 Å². The molecule has 18 heavy (non-hydrogen) atoms. The van der Waals surface area contributed by atoms with E-state index >= 15 is 0 Å². The Kier molecular flexibility index (Phi) is 9.03. The molecule has 0 saturated carbocycles. The third-order valence-corrected chi connectivity index (χ3v) is 2.00. The standard InChI is InChI=1S/C14H17O2.2W/c1-6-11-7-8-12(10(2)9-11)13(15)16-14(3,4)5;;/h6-7,9H,1H2,2-5H3;;/q-1;;. The molecular weight excluding hydrogens is 568 g/mol. The van der Waals surface area contributed by atoms with Gasteiger partial charge in [0.15, 0.2) is 0 Å². The first-order chi connectivity index (χ1) is 7.33. The second kappa shape index (κ2) is 8.07. The van der Waals surface area contributed by atoms with Crippen molar-refractivity contribution >= 4 is 12.0 Å². The largest absolute Gasteiger partial charge is 0.500 e. The van der Waals surface area contributed by atoms with Crippen LogP contribution < -0.4 is 0 Å². The molecule has 0 unspecified atom stereocenters. The average Bonchev–Trinajstić information content (AvgIpc) is 2.14. The SMILES string of the molecule is C=Cc1c[c-]c(C(=O)OC(C)(C)C)c(C)c1.[W].[W]. The molecule has 0 heterocycles. The van der Waals surface area contributed by atoms with Crippen molar-refractivity contribution in [1.82, 2.24) is 0 Å². The maximum atomic E-state index is 11.8. The molecule has 0 aliphatic carbocycles. The predicted molar refractivity (Wildman–Crippen MR) is 65.3 cm³/mol. The van der Waals surface area contributed by atoms with Crippen LogP contribution in [0.5, 0.6) is 0 Å². The van der Waals surface area contributed by atoms with E-state index < -0.39 is 5.60 Å². The minimum absolute atomic E-state index is 0. The monoisotopic (exact) mass is 585 g/mol. The number of hydrogen-bond donors (Lipinski definition) is 0. The van der Waals surface area contributed by atoms with Crippen molar-refractivity contribution in [3.05, 3.63) is 41.5 Å². The molecule has 98 valence electrons. The van der Waals surface area contributed by atoms with Crippen molar-refractivity contribution in [1.29, 1.82) is 0 Å². The molecule has 0 atom stereocenters. The molecule has 1 rings (SSSR count). The molecule has 0 N–H and O–H groups in total. The van der Waals surface area contributed by atoms with Gasteiger partial charge in [0.2, 0.25) is 0 Å². The van der Waals surface area contributed by atoms with E-state index in [4.69, 9.17) is 4.74 Å². The second-order valence-electron chi connectivity index (χ2n) is 4.70. The first-order valence-electron chi connectivity index (χ1n) is 5.21. The van der Waals surface area contributed by atoms with Crippen LogP contribution in [0, 0.1) is 13.0 Å². The van der Waals surface area contributed by atoms with Crippen molar-refractivity contribution in [2.75, 3.05) is 0 Å². The minimum atomic E-state index is -0.478. The van der Waals surface area contributed by atoms with Gasteiger partial charge in [0, 0.05) is 42.1 Å². The fourth-order valence-electron chi connectivity index (χ4n) is 1.30. The van der Waals surface area contributed by atoms with Gasteiger partial charge in [0.25, 0.3) is 5.97 Å². The zero-order chi connectivity index (χ0) is 12.3. The zero-order valence-electron chi connectivity index (χ0n) is 11.1. The fraction of sp³-hybridized carbons (Fsp3) is 0.357. The number of ether oxygens (including phenoxy) is 1. The quantitative estimate of drug-likeness (QED) is 0.394. The number of benzene rings is 1. The molecule has 4 heteroatoms. The summed E-state index contributed by atoms with van der Waals surface area (Å²) in [6.45, 7) is 11.1. The first kappa shape index (κ1) is 20.1. The van der Waals surface area contributed by atoms with Crippen LogP contribution in [0.25, 0.3) is 6.08 Å². The van der Waals surface area contributed by atoms with Crippen LogP contribution in [0.1, 0.15) is 42.3 Å². The van der Waals surface area contributed by atoms with Gasteiger partial charge < -0.3 is 9.53 Å². The first-order valence-corrected chi connectivity index (χ1v) is 5.21. The Morgan fingerprint density at radius 2 is 1.94 bits per heavy atom. The maximum Gasteiger partial charge on any atom is 0.250 e. The molecular formula is C14H17O2W2-. The number of carbonyl (C=O) groups is 1. The number of esters is 1. The topological polar surface area (TPSA) is 26.3 Å². The van der Waals surface area contributed by atoms with Crippen molar-refractivity contribution in [2.24, 2.45) is 0 Å². The summed E-state index contributed by atoms with van der Waals surface area (Å²) < 4.78 is 5.28. The summed E-state index contributed by atoms with van der Waals surface area (Å²) in [5.74, 6) is -0.333. The van der Waals surface area contributed by atoms with E-state index in [0.717, 1.165) is 11.1 Å². The summed E-state index contributed by atoms with van der Waals surface area (Å²) in [7, 11) is 0. The van der Waals surface area contributed by atoms with E-state index in [0.29, 0.717) is 5.56 Å². The minimum Gasteiger partial charge on any atom is -0.500 e. The Bertz CT molecular complexity index is 420. The number of carbonyl (C=O) groups excluding carboxylic acids is 1. The maximum absolute atomic E-state index is 11.8. The normalized spacial score (nSPS) is 9.78. The van der Waals surface area contributed by atoms with Gasteiger partial charge >= 0.3 is 0 Å². The number of hydrogen-bond acceptors (Lipinski definition) is 2. The summed E-state index contributed by atoms with van der Waals surface area (Å²) in [6.07, 6.45) is 1.72. The van der Waals surface area contributed by atoms with E-state index in [1.165, 1.54) is 0 Å². The Morgan fingerprint density at radius 1 is 1.39 bits per heavy atom. The smallest absolute Gasteiger partial charge is 0.250 e. The van der Waals surface area contributed by atoms with Crippen LogP contribution in [-0.2, 0) is 46.9 Å². The molecule has 0 spiro atoms. The van der Waals surface area contributed by atoms with Crippen LogP contribution in [0.4, 0.5) is 0 Å². The Morgan fingerprint density at radius 3 is 2.33 bits per heavy atom. The van der Waals surface area contributed by atoms with Gasteiger partial charge in [0.1, 0.15) is 0 Å². The summed E-state index contributed by atoms with van der Waals surface area (Å²) >= 11 is 0. The second-order valence-corrected chi connectivity index (χ2v) is 4.70. The molecule has 0 amide bonds. The van der Waals surface area contributed by atoms with Gasteiger partial charge in [-0.05, 0) is 20.8 Å². The third kappa shape index (κ3) is 6.11. The van der Waals surface area contributed by atoms with Gasteiger partial charge in [-0.25, -0.2) is 0 Å². The van der Waals surface area contributed by atoms with Gasteiger partial charge in [-0.1, -0.05) is 12.5 Å². The number of aryl methyl sites for hydroxylation is 1. The zero-order valence-corrected chi connectivity index (χ0v) is 16.9. The van der Waals surface area contributed by atoms with Gasteiger partial charge in [-0.2, -0.15) is 0 Å².